The van der Waals surface area contributed by atoms with Gasteiger partial charge in [0.05, 0.1) is 5.75 Å². The first-order chi connectivity index (χ1) is 7.04. The molecule has 0 saturated heterocycles. The van der Waals surface area contributed by atoms with Crippen molar-refractivity contribution < 1.29 is 4.21 Å². The lowest BCUT2D eigenvalue weighted by atomic mass is 10.1. The summed E-state index contributed by atoms with van der Waals surface area (Å²) in [5, 5.41) is 0.821. The Kier molecular flexibility index (Phi) is 4.77. The summed E-state index contributed by atoms with van der Waals surface area (Å²) in [7, 11) is -0.857. The molecule has 4 heteroatoms. The number of benzene rings is 1. The third-order valence-electron chi connectivity index (χ3n) is 2.18. The molecule has 0 fully saturated rings. The van der Waals surface area contributed by atoms with E-state index < -0.39 is 10.8 Å². The van der Waals surface area contributed by atoms with Gasteiger partial charge >= 0.3 is 0 Å². The monoisotopic (exact) mass is 245 g/mol. The van der Waals surface area contributed by atoms with Crippen molar-refractivity contribution in [3.05, 3.63) is 34.3 Å². The lowest BCUT2D eigenvalue weighted by molar-refractivity contribution is 0.676. The van der Waals surface area contributed by atoms with E-state index >= 15 is 0 Å². The molecule has 0 aliphatic carbocycles. The molecule has 0 aromatic heterocycles. The van der Waals surface area contributed by atoms with Crippen molar-refractivity contribution in [1.82, 2.24) is 0 Å². The standard InChI is InChI=1S/C11H16ClNOS/c1-8(2)15(14)7-10-4-3-9(6-13)5-11(10)12/h3-5,8H,6-7,13H2,1-2H3. The number of hydrogen-bond donors (Lipinski definition) is 1. The third kappa shape index (κ3) is 3.59. The van der Waals surface area contributed by atoms with Gasteiger partial charge in [-0.15, -0.1) is 0 Å². The van der Waals surface area contributed by atoms with Crippen molar-refractivity contribution in [1.29, 1.82) is 0 Å². The van der Waals surface area contributed by atoms with Gasteiger partial charge in [0.15, 0.2) is 0 Å². The Morgan fingerprint density at radius 3 is 2.60 bits per heavy atom. The van der Waals surface area contributed by atoms with E-state index in [9.17, 15) is 4.21 Å². The highest BCUT2D eigenvalue weighted by molar-refractivity contribution is 7.84. The second-order valence-corrected chi connectivity index (χ2v) is 6.10. The molecule has 0 saturated carbocycles. The van der Waals surface area contributed by atoms with Crippen molar-refractivity contribution in [2.45, 2.75) is 31.4 Å². The summed E-state index contributed by atoms with van der Waals surface area (Å²) in [6.45, 7) is 4.36. The van der Waals surface area contributed by atoms with Crippen LogP contribution < -0.4 is 5.73 Å². The summed E-state index contributed by atoms with van der Waals surface area (Å²) in [5.74, 6) is 0.515. The fourth-order valence-corrected chi connectivity index (χ4v) is 2.40. The van der Waals surface area contributed by atoms with Crippen LogP contribution in [0.2, 0.25) is 5.02 Å². The van der Waals surface area contributed by atoms with Gasteiger partial charge in [0.25, 0.3) is 0 Å². The molecular weight excluding hydrogens is 230 g/mol. The number of nitrogens with two attached hydrogens (primary N) is 1. The van der Waals surface area contributed by atoms with E-state index in [1.54, 1.807) is 0 Å². The van der Waals surface area contributed by atoms with Gasteiger partial charge < -0.3 is 5.73 Å². The second kappa shape index (κ2) is 5.64. The van der Waals surface area contributed by atoms with Gasteiger partial charge in [-0.3, -0.25) is 4.21 Å². The Bertz CT molecular complexity index is 366. The fraction of sp³-hybridized carbons (Fsp3) is 0.455. The molecule has 0 spiro atoms. The van der Waals surface area contributed by atoms with Crippen molar-refractivity contribution in [3.8, 4) is 0 Å². The largest absolute Gasteiger partial charge is 0.326 e. The molecule has 15 heavy (non-hydrogen) atoms. The highest BCUT2D eigenvalue weighted by Gasteiger charge is 2.09. The first kappa shape index (κ1) is 12.7. The maximum absolute atomic E-state index is 11.6. The van der Waals surface area contributed by atoms with E-state index in [4.69, 9.17) is 17.3 Å². The average molecular weight is 246 g/mol. The summed E-state index contributed by atoms with van der Waals surface area (Å²) in [4.78, 5) is 0. The van der Waals surface area contributed by atoms with E-state index in [1.807, 2.05) is 32.0 Å². The minimum atomic E-state index is -0.857. The highest BCUT2D eigenvalue weighted by atomic mass is 35.5. The maximum Gasteiger partial charge on any atom is 0.0503 e. The van der Waals surface area contributed by atoms with E-state index in [0.717, 1.165) is 11.1 Å². The topological polar surface area (TPSA) is 43.1 Å². The van der Waals surface area contributed by atoms with E-state index in [0.29, 0.717) is 17.3 Å². The van der Waals surface area contributed by atoms with Gasteiger partial charge in [0.2, 0.25) is 0 Å². The smallest absolute Gasteiger partial charge is 0.0503 e. The molecule has 1 aromatic rings. The number of hydrogen-bond acceptors (Lipinski definition) is 2. The first-order valence-electron chi connectivity index (χ1n) is 4.89. The minimum Gasteiger partial charge on any atom is -0.326 e. The van der Waals surface area contributed by atoms with Crippen molar-refractivity contribution in [3.63, 3.8) is 0 Å². The Labute approximate surface area is 98.3 Å². The Morgan fingerprint density at radius 2 is 2.13 bits per heavy atom. The van der Waals surface area contributed by atoms with E-state index in [-0.39, 0.29) is 5.25 Å². The first-order valence-corrected chi connectivity index (χ1v) is 6.65. The van der Waals surface area contributed by atoms with Crippen LogP contribution in [-0.2, 0) is 23.1 Å². The molecule has 1 aromatic carbocycles. The lowest BCUT2D eigenvalue weighted by Crippen LogP contribution is -2.08. The summed E-state index contributed by atoms with van der Waals surface area (Å²) in [6, 6.07) is 5.68. The van der Waals surface area contributed by atoms with Gasteiger partial charge in [-0.1, -0.05) is 37.6 Å². The van der Waals surface area contributed by atoms with Crippen LogP contribution in [0.5, 0.6) is 0 Å². The molecule has 2 N–H and O–H groups in total. The average Bonchev–Trinajstić information content (AvgIpc) is 2.20. The third-order valence-corrected chi connectivity index (χ3v) is 4.18. The Morgan fingerprint density at radius 1 is 1.47 bits per heavy atom. The van der Waals surface area contributed by atoms with E-state index in [2.05, 4.69) is 0 Å². The van der Waals surface area contributed by atoms with Crippen LogP contribution in [0.4, 0.5) is 0 Å². The molecule has 0 radical (unpaired) electrons. The summed E-state index contributed by atoms with van der Waals surface area (Å²) in [6.07, 6.45) is 0. The van der Waals surface area contributed by atoms with Gasteiger partial charge in [0, 0.05) is 27.6 Å². The molecule has 0 amide bonds. The molecule has 1 unspecified atom stereocenters. The van der Waals surface area contributed by atoms with Crippen LogP contribution in [0.25, 0.3) is 0 Å². The summed E-state index contributed by atoms with van der Waals surface area (Å²) >= 11 is 6.07. The zero-order valence-corrected chi connectivity index (χ0v) is 10.6. The zero-order valence-electron chi connectivity index (χ0n) is 9.00. The van der Waals surface area contributed by atoms with E-state index in [1.165, 1.54) is 0 Å². The van der Waals surface area contributed by atoms with Crippen molar-refractivity contribution in [2.24, 2.45) is 5.73 Å². The minimum absolute atomic E-state index is 0.162. The van der Waals surface area contributed by atoms with Crippen molar-refractivity contribution >= 4 is 22.4 Å². The molecular formula is C11H16ClNOS. The maximum atomic E-state index is 11.6. The summed E-state index contributed by atoms with van der Waals surface area (Å²) < 4.78 is 11.6. The predicted octanol–water partition coefficient (Wildman–Crippen LogP) is 2.46. The van der Waals surface area contributed by atoms with Crippen LogP contribution in [0, 0.1) is 0 Å². The lowest BCUT2D eigenvalue weighted by Gasteiger charge is -2.08. The van der Waals surface area contributed by atoms with Gasteiger partial charge in [-0.2, -0.15) is 0 Å². The molecule has 1 atom stereocenters. The van der Waals surface area contributed by atoms with Crippen LogP contribution in [0.3, 0.4) is 0 Å². The van der Waals surface area contributed by atoms with Gasteiger partial charge in [0.1, 0.15) is 0 Å². The van der Waals surface area contributed by atoms with Crippen LogP contribution in [0.15, 0.2) is 18.2 Å². The molecule has 1 rings (SSSR count). The normalized spacial score (nSPS) is 13.1. The van der Waals surface area contributed by atoms with Gasteiger partial charge in [-0.25, -0.2) is 0 Å². The predicted molar refractivity (Wildman–Crippen MR) is 66.3 cm³/mol. The Balaban J connectivity index is 2.83. The summed E-state index contributed by atoms with van der Waals surface area (Å²) in [5.41, 5.74) is 7.43. The molecule has 84 valence electrons. The van der Waals surface area contributed by atoms with Crippen molar-refractivity contribution in [2.75, 3.05) is 0 Å². The quantitative estimate of drug-likeness (QED) is 0.886. The molecule has 0 heterocycles. The Hall–Kier alpha value is -0.380. The molecule has 0 aliphatic heterocycles. The van der Waals surface area contributed by atoms with Crippen LogP contribution in [-0.4, -0.2) is 9.46 Å². The van der Waals surface area contributed by atoms with Gasteiger partial charge in [-0.05, 0) is 17.2 Å². The zero-order chi connectivity index (χ0) is 11.4. The highest BCUT2D eigenvalue weighted by Crippen LogP contribution is 2.20. The molecule has 0 bridgehead atoms. The number of rotatable bonds is 4. The molecule has 2 nitrogen and oxygen atoms in total. The number of halogens is 1. The SMILES string of the molecule is CC(C)S(=O)Cc1ccc(CN)cc1Cl. The van der Waals surface area contributed by atoms with Crippen LogP contribution >= 0.6 is 11.6 Å². The second-order valence-electron chi connectivity index (χ2n) is 3.70. The fourth-order valence-electron chi connectivity index (χ4n) is 1.15. The molecule has 0 aliphatic rings. The van der Waals surface area contributed by atoms with Crippen LogP contribution in [0.1, 0.15) is 25.0 Å².